The van der Waals surface area contributed by atoms with Gasteiger partial charge in [0, 0.05) is 22.3 Å². The normalized spacial score (nSPS) is 23.6. The van der Waals surface area contributed by atoms with Crippen molar-refractivity contribution in [2.75, 3.05) is 6.61 Å². The van der Waals surface area contributed by atoms with E-state index < -0.39 is 24.0 Å². The molecule has 3 rings (SSSR count). The van der Waals surface area contributed by atoms with E-state index in [1.54, 1.807) is 6.92 Å². The smallest absolute Gasteiger partial charge is 0.341 e. The van der Waals surface area contributed by atoms with Crippen LogP contribution in [-0.2, 0) is 19.0 Å². The maximum absolute atomic E-state index is 13.0. The standard InChI is InChI=1S/C24H22O4/c1-5-17-13-9-11-15-19(17)21-24(7-3,23(25)26-8-4)28-22(27-21)20-16-12-10-14-18(20)6-2/h1-2,9-16,21-22H,7-8H2,3-4H3/t21-,22-,24-/m0/s1. The lowest BCUT2D eigenvalue weighted by atomic mass is 9.86. The van der Waals surface area contributed by atoms with Gasteiger partial charge in [0.1, 0.15) is 6.10 Å². The van der Waals surface area contributed by atoms with Gasteiger partial charge in [0.25, 0.3) is 0 Å². The topological polar surface area (TPSA) is 44.8 Å². The Kier molecular flexibility index (Phi) is 5.85. The van der Waals surface area contributed by atoms with Crippen molar-refractivity contribution in [1.29, 1.82) is 0 Å². The lowest BCUT2D eigenvalue weighted by Crippen LogP contribution is -2.44. The SMILES string of the molecule is C#Cc1ccccc1[C@H]1O[C@@H](c2ccccc2C#C)[C@@](CC)(C(=O)OCC)O1. The number of ether oxygens (including phenoxy) is 3. The number of carbonyl (C=O) groups is 1. The molecule has 0 radical (unpaired) electrons. The van der Waals surface area contributed by atoms with Crippen LogP contribution in [-0.4, -0.2) is 18.2 Å². The van der Waals surface area contributed by atoms with Crippen LogP contribution in [0, 0.1) is 24.7 Å². The second-order valence-corrected chi connectivity index (χ2v) is 6.39. The summed E-state index contributed by atoms with van der Waals surface area (Å²) in [6.45, 7) is 3.85. The Morgan fingerprint density at radius 1 is 1.04 bits per heavy atom. The zero-order valence-electron chi connectivity index (χ0n) is 16.0. The van der Waals surface area contributed by atoms with Gasteiger partial charge >= 0.3 is 5.97 Å². The minimum absolute atomic E-state index is 0.235. The van der Waals surface area contributed by atoms with Crippen LogP contribution >= 0.6 is 0 Å². The molecule has 1 heterocycles. The molecule has 1 fully saturated rings. The number of carbonyl (C=O) groups excluding carboxylic acids is 1. The van der Waals surface area contributed by atoms with Crippen LogP contribution in [0.15, 0.2) is 48.5 Å². The molecule has 0 bridgehead atoms. The van der Waals surface area contributed by atoms with Gasteiger partial charge in [-0.05, 0) is 25.5 Å². The molecule has 28 heavy (non-hydrogen) atoms. The van der Waals surface area contributed by atoms with Gasteiger partial charge in [-0.15, -0.1) is 12.8 Å². The van der Waals surface area contributed by atoms with E-state index in [0.29, 0.717) is 28.7 Å². The van der Waals surface area contributed by atoms with Crippen molar-refractivity contribution in [1.82, 2.24) is 0 Å². The Morgan fingerprint density at radius 2 is 1.61 bits per heavy atom. The van der Waals surface area contributed by atoms with Crippen LogP contribution in [0.1, 0.15) is 54.9 Å². The number of benzene rings is 2. The summed E-state index contributed by atoms with van der Waals surface area (Å²) < 4.78 is 17.9. The quantitative estimate of drug-likeness (QED) is 0.583. The summed E-state index contributed by atoms with van der Waals surface area (Å²) in [4.78, 5) is 13.0. The molecule has 0 spiro atoms. The molecule has 4 heteroatoms. The summed E-state index contributed by atoms with van der Waals surface area (Å²) in [6, 6.07) is 14.7. The van der Waals surface area contributed by atoms with Crippen molar-refractivity contribution in [2.24, 2.45) is 0 Å². The highest BCUT2D eigenvalue weighted by Crippen LogP contribution is 2.50. The van der Waals surface area contributed by atoms with E-state index >= 15 is 0 Å². The molecule has 2 aromatic carbocycles. The van der Waals surface area contributed by atoms with Crippen molar-refractivity contribution < 1.29 is 19.0 Å². The number of rotatable bonds is 5. The zero-order chi connectivity index (χ0) is 20.1. The highest BCUT2D eigenvalue weighted by Gasteiger charge is 2.57. The Labute approximate surface area is 165 Å². The van der Waals surface area contributed by atoms with E-state index in [2.05, 4.69) is 11.8 Å². The predicted octanol–water partition coefficient (Wildman–Crippen LogP) is 4.15. The second-order valence-electron chi connectivity index (χ2n) is 6.39. The fourth-order valence-electron chi connectivity index (χ4n) is 3.49. The number of esters is 1. The maximum Gasteiger partial charge on any atom is 0.341 e. The zero-order valence-corrected chi connectivity index (χ0v) is 16.0. The first-order valence-corrected chi connectivity index (χ1v) is 9.22. The van der Waals surface area contributed by atoms with E-state index in [1.165, 1.54) is 0 Å². The minimum Gasteiger partial charge on any atom is -0.464 e. The molecule has 3 atom stereocenters. The van der Waals surface area contributed by atoms with Gasteiger partial charge in [0.2, 0.25) is 0 Å². The Bertz CT molecular complexity index is 950. The van der Waals surface area contributed by atoms with Crippen LogP contribution < -0.4 is 0 Å². The lowest BCUT2D eigenvalue weighted by molar-refractivity contribution is -0.174. The van der Waals surface area contributed by atoms with Gasteiger partial charge in [-0.25, -0.2) is 4.79 Å². The molecule has 0 N–H and O–H groups in total. The van der Waals surface area contributed by atoms with Gasteiger partial charge in [-0.2, -0.15) is 0 Å². The molecular weight excluding hydrogens is 352 g/mol. The summed E-state index contributed by atoms with van der Waals surface area (Å²) in [6.07, 6.45) is 10.1. The Balaban J connectivity index is 2.13. The molecule has 1 aliphatic rings. The minimum atomic E-state index is -1.32. The molecule has 0 aliphatic carbocycles. The molecule has 142 valence electrons. The van der Waals surface area contributed by atoms with Crippen molar-refractivity contribution in [2.45, 2.75) is 38.3 Å². The monoisotopic (exact) mass is 374 g/mol. The summed E-state index contributed by atoms with van der Waals surface area (Å²) in [5.41, 5.74) is 1.36. The highest BCUT2D eigenvalue weighted by atomic mass is 16.8. The molecule has 2 aromatic rings. The van der Waals surface area contributed by atoms with Gasteiger partial charge in [0.05, 0.1) is 6.61 Å². The van der Waals surface area contributed by atoms with E-state index in [1.807, 2.05) is 55.5 Å². The van der Waals surface area contributed by atoms with Gasteiger partial charge in [-0.1, -0.05) is 55.2 Å². The Morgan fingerprint density at radius 3 is 2.18 bits per heavy atom. The fourth-order valence-corrected chi connectivity index (χ4v) is 3.49. The molecule has 4 nitrogen and oxygen atoms in total. The van der Waals surface area contributed by atoms with Crippen molar-refractivity contribution >= 4 is 5.97 Å². The third kappa shape index (κ3) is 3.29. The summed E-state index contributed by atoms with van der Waals surface area (Å²) in [5, 5.41) is 0. The summed E-state index contributed by atoms with van der Waals surface area (Å²) in [7, 11) is 0. The summed E-state index contributed by atoms with van der Waals surface area (Å²) >= 11 is 0. The molecular formula is C24H22O4. The molecule has 0 saturated carbocycles. The first kappa shape index (κ1) is 19.7. The van der Waals surface area contributed by atoms with Crippen LogP contribution in [0.3, 0.4) is 0 Å². The van der Waals surface area contributed by atoms with E-state index in [9.17, 15) is 4.79 Å². The third-order valence-electron chi connectivity index (χ3n) is 4.92. The van der Waals surface area contributed by atoms with Crippen molar-refractivity contribution in [3.8, 4) is 24.7 Å². The molecule has 0 aromatic heterocycles. The summed E-state index contributed by atoms with van der Waals surface area (Å²) in [5.74, 6) is 4.83. The molecule has 1 aliphatic heterocycles. The van der Waals surface area contributed by atoms with Crippen LogP contribution in [0.4, 0.5) is 0 Å². The first-order valence-electron chi connectivity index (χ1n) is 9.22. The van der Waals surface area contributed by atoms with Crippen LogP contribution in [0.2, 0.25) is 0 Å². The van der Waals surface area contributed by atoms with E-state index in [0.717, 1.165) is 0 Å². The third-order valence-corrected chi connectivity index (χ3v) is 4.92. The van der Waals surface area contributed by atoms with E-state index in [-0.39, 0.29) is 6.61 Å². The van der Waals surface area contributed by atoms with E-state index in [4.69, 9.17) is 27.1 Å². The number of terminal acetylenes is 2. The number of hydrogen-bond donors (Lipinski definition) is 0. The second kappa shape index (κ2) is 8.31. The first-order chi connectivity index (χ1) is 13.6. The van der Waals surface area contributed by atoms with Gasteiger partial charge < -0.3 is 14.2 Å². The average molecular weight is 374 g/mol. The molecule has 1 saturated heterocycles. The molecule has 0 unspecified atom stereocenters. The van der Waals surface area contributed by atoms with Crippen LogP contribution in [0.5, 0.6) is 0 Å². The highest BCUT2D eigenvalue weighted by molar-refractivity contribution is 5.81. The predicted molar refractivity (Wildman–Crippen MR) is 106 cm³/mol. The Hall–Kier alpha value is -3.05. The lowest BCUT2D eigenvalue weighted by Gasteiger charge is -2.29. The van der Waals surface area contributed by atoms with Crippen molar-refractivity contribution in [3.05, 3.63) is 70.8 Å². The van der Waals surface area contributed by atoms with Crippen LogP contribution in [0.25, 0.3) is 0 Å². The maximum atomic E-state index is 13.0. The average Bonchev–Trinajstić information content (AvgIpc) is 3.14. The van der Waals surface area contributed by atoms with Gasteiger partial charge in [0.15, 0.2) is 11.9 Å². The fraction of sp³-hybridized carbons (Fsp3) is 0.292. The van der Waals surface area contributed by atoms with Crippen molar-refractivity contribution in [3.63, 3.8) is 0 Å². The molecule has 0 amide bonds. The largest absolute Gasteiger partial charge is 0.464 e. The number of hydrogen-bond acceptors (Lipinski definition) is 4. The van der Waals surface area contributed by atoms with Gasteiger partial charge in [-0.3, -0.25) is 0 Å².